The van der Waals surface area contributed by atoms with Gasteiger partial charge >= 0.3 is 0 Å². The number of rotatable bonds is 3. The van der Waals surface area contributed by atoms with E-state index in [1.54, 1.807) is 24.3 Å². The molecule has 0 saturated carbocycles. The summed E-state index contributed by atoms with van der Waals surface area (Å²) < 4.78 is 0. The molecule has 114 valence electrons. The summed E-state index contributed by atoms with van der Waals surface area (Å²) >= 11 is 1.38. The second-order valence-corrected chi connectivity index (χ2v) is 6.25. The van der Waals surface area contributed by atoms with Gasteiger partial charge in [-0.05, 0) is 24.3 Å². The summed E-state index contributed by atoms with van der Waals surface area (Å²) in [5.74, 6) is -0.475. The number of nitrogens with zero attached hydrogens (tertiary/aromatic N) is 1. The molecule has 3 rings (SSSR count). The maximum absolute atomic E-state index is 12.2. The van der Waals surface area contributed by atoms with E-state index in [2.05, 4.69) is 10.6 Å². The number of para-hydroxylation sites is 2. The lowest BCUT2D eigenvalue weighted by Gasteiger charge is -2.23. The maximum atomic E-state index is 12.2. The third kappa shape index (κ3) is 3.35. The van der Waals surface area contributed by atoms with Crippen molar-refractivity contribution in [2.75, 3.05) is 10.6 Å². The van der Waals surface area contributed by atoms with Gasteiger partial charge in [0.05, 0.1) is 22.2 Å². The Labute approximate surface area is 137 Å². The second-order valence-electron chi connectivity index (χ2n) is 5.00. The molecule has 0 aliphatic carbocycles. The number of benzene rings is 2. The number of nitriles is 1. The van der Waals surface area contributed by atoms with Gasteiger partial charge in [0.1, 0.15) is 6.07 Å². The SMILES string of the molecule is N#Cc1ccccc1NC(=O)C[C@@H]1Sc2ccccc2NC1=O. The van der Waals surface area contributed by atoms with E-state index in [4.69, 9.17) is 5.26 Å². The van der Waals surface area contributed by atoms with Crippen LogP contribution in [-0.4, -0.2) is 17.1 Å². The number of hydrogen-bond donors (Lipinski definition) is 2. The minimum atomic E-state index is -0.487. The van der Waals surface area contributed by atoms with Crippen LogP contribution in [0.25, 0.3) is 0 Å². The Morgan fingerprint density at radius 1 is 1.22 bits per heavy atom. The van der Waals surface area contributed by atoms with Crippen molar-refractivity contribution >= 4 is 35.0 Å². The topological polar surface area (TPSA) is 82.0 Å². The van der Waals surface area contributed by atoms with Crippen LogP contribution in [0.15, 0.2) is 53.4 Å². The highest BCUT2D eigenvalue weighted by Gasteiger charge is 2.28. The Morgan fingerprint density at radius 3 is 2.78 bits per heavy atom. The fourth-order valence-electron chi connectivity index (χ4n) is 2.29. The molecule has 0 fully saturated rings. The zero-order valence-corrected chi connectivity index (χ0v) is 12.9. The molecule has 0 saturated heterocycles. The Balaban J connectivity index is 1.69. The van der Waals surface area contributed by atoms with Crippen molar-refractivity contribution < 1.29 is 9.59 Å². The van der Waals surface area contributed by atoms with E-state index in [0.29, 0.717) is 11.3 Å². The standard InChI is InChI=1S/C17H13N3O2S/c18-10-11-5-1-2-6-12(11)19-16(21)9-15-17(22)20-13-7-3-4-8-14(13)23-15/h1-8,15H,9H2,(H,19,21)(H,20,22)/t15-/m0/s1. The van der Waals surface area contributed by atoms with Gasteiger partial charge in [-0.1, -0.05) is 24.3 Å². The Bertz CT molecular complexity index is 813. The number of thioether (sulfide) groups is 1. The predicted molar refractivity (Wildman–Crippen MR) is 89.1 cm³/mol. The monoisotopic (exact) mass is 323 g/mol. The van der Waals surface area contributed by atoms with E-state index in [-0.39, 0.29) is 18.2 Å². The van der Waals surface area contributed by atoms with Crippen molar-refractivity contribution in [3.63, 3.8) is 0 Å². The number of carbonyl (C=O) groups excluding carboxylic acids is 2. The first-order valence-corrected chi connectivity index (χ1v) is 7.91. The van der Waals surface area contributed by atoms with Gasteiger partial charge in [-0.3, -0.25) is 9.59 Å². The van der Waals surface area contributed by atoms with Crippen LogP contribution < -0.4 is 10.6 Å². The molecule has 6 heteroatoms. The van der Waals surface area contributed by atoms with Crippen LogP contribution in [0.1, 0.15) is 12.0 Å². The molecule has 0 bridgehead atoms. The van der Waals surface area contributed by atoms with Crippen LogP contribution in [0.2, 0.25) is 0 Å². The maximum Gasteiger partial charge on any atom is 0.238 e. The molecule has 2 amide bonds. The number of hydrogen-bond acceptors (Lipinski definition) is 4. The first kappa shape index (κ1) is 15.1. The summed E-state index contributed by atoms with van der Waals surface area (Å²) in [6.45, 7) is 0. The fourth-order valence-corrected chi connectivity index (χ4v) is 3.40. The lowest BCUT2D eigenvalue weighted by Crippen LogP contribution is -2.32. The first-order valence-electron chi connectivity index (χ1n) is 7.03. The largest absolute Gasteiger partial charge is 0.325 e. The van der Waals surface area contributed by atoms with Crippen LogP contribution in [0, 0.1) is 11.3 Å². The highest BCUT2D eigenvalue weighted by atomic mass is 32.2. The number of nitrogens with one attached hydrogen (secondary N) is 2. The van der Waals surface area contributed by atoms with Crippen molar-refractivity contribution in [2.24, 2.45) is 0 Å². The molecule has 0 aromatic heterocycles. The molecule has 0 unspecified atom stereocenters. The fraction of sp³-hybridized carbons (Fsp3) is 0.118. The van der Waals surface area contributed by atoms with E-state index < -0.39 is 5.25 Å². The third-order valence-corrected chi connectivity index (χ3v) is 4.67. The average molecular weight is 323 g/mol. The molecule has 2 aromatic carbocycles. The van der Waals surface area contributed by atoms with E-state index in [0.717, 1.165) is 10.6 Å². The van der Waals surface area contributed by atoms with Gasteiger partial charge in [-0.15, -0.1) is 11.8 Å². The Kier molecular flexibility index (Phi) is 4.31. The number of carbonyl (C=O) groups is 2. The van der Waals surface area contributed by atoms with E-state index in [9.17, 15) is 9.59 Å². The zero-order chi connectivity index (χ0) is 16.2. The van der Waals surface area contributed by atoms with E-state index >= 15 is 0 Å². The lowest BCUT2D eigenvalue weighted by molar-refractivity contribution is -0.120. The summed E-state index contributed by atoms with van der Waals surface area (Å²) in [6.07, 6.45) is 0.0462. The summed E-state index contributed by atoms with van der Waals surface area (Å²) in [7, 11) is 0. The summed E-state index contributed by atoms with van der Waals surface area (Å²) in [5, 5.41) is 14.1. The Morgan fingerprint density at radius 2 is 1.96 bits per heavy atom. The molecule has 2 aromatic rings. The van der Waals surface area contributed by atoms with Crippen LogP contribution in [-0.2, 0) is 9.59 Å². The predicted octanol–water partition coefficient (Wildman–Crippen LogP) is 3.00. The zero-order valence-electron chi connectivity index (χ0n) is 12.1. The lowest BCUT2D eigenvalue weighted by atomic mass is 10.2. The highest BCUT2D eigenvalue weighted by molar-refractivity contribution is 8.01. The molecular weight excluding hydrogens is 310 g/mol. The number of fused-ring (bicyclic) bond motifs is 1. The molecule has 1 aliphatic rings. The first-order chi connectivity index (χ1) is 11.2. The summed E-state index contributed by atoms with van der Waals surface area (Å²) in [4.78, 5) is 25.2. The minimum absolute atomic E-state index is 0.0462. The van der Waals surface area contributed by atoms with Gasteiger partial charge in [-0.2, -0.15) is 5.26 Å². The van der Waals surface area contributed by atoms with Crippen LogP contribution >= 0.6 is 11.8 Å². The summed E-state index contributed by atoms with van der Waals surface area (Å²) in [6, 6.07) is 16.3. The van der Waals surface area contributed by atoms with Gasteiger partial charge in [0.25, 0.3) is 0 Å². The molecule has 1 atom stereocenters. The van der Waals surface area contributed by atoms with Crippen molar-refractivity contribution in [3.05, 3.63) is 54.1 Å². The number of anilines is 2. The van der Waals surface area contributed by atoms with Gasteiger partial charge in [0.15, 0.2) is 0 Å². The molecule has 23 heavy (non-hydrogen) atoms. The molecule has 1 heterocycles. The van der Waals surface area contributed by atoms with Crippen molar-refractivity contribution in [2.45, 2.75) is 16.6 Å². The van der Waals surface area contributed by atoms with E-state index in [1.807, 2.05) is 30.3 Å². The highest BCUT2D eigenvalue weighted by Crippen LogP contribution is 2.36. The molecule has 5 nitrogen and oxygen atoms in total. The molecule has 0 spiro atoms. The van der Waals surface area contributed by atoms with Crippen LogP contribution in [0.3, 0.4) is 0 Å². The quantitative estimate of drug-likeness (QED) is 0.909. The molecule has 0 radical (unpaired) electrons. The van der Waals surface area contributed by atoms with Gasteiger partial charge in [0, 0.05) is 11.3 Å². The average Bonchev–Trinajstić information content (AvgIpc) is 2.56. The van der Waals surface area contributed by atoms with Crippen molar-refractivity contribution in [1.29, 1.82) is 5.26 Å². The van der Waals surface area contributed by atoms with Gasteiger partial charge in [-0.25, -0.2) is 0 Å². The number of amides is 2. The minimum Gasteiger partial charge on any atom is -0.325 e. The van der Waals surface area contributed by atoms with Crippen molar-refractivity contribution in [1.82, 2.24) is 0 Å². The molecular formula is C17H13N3O2S. The van der Waals surface area contributed by atoms with Gasteiger partial charge < -0.3 is 10.6 Å². The normalized spacial score (nSPS) is 16.0. The Hall–Kier alpha value is -2.78. The molecule has 2 N–H and O–H groups in total. The van der Waals surface area contributed by atoms with E-state index in [1.165, 1.54) is 11.8 Å². The molecule has 1 aliphatic heterocycles. The van der Waals surface area contributed by atoms with Crippen LogP contribution in [0.4, 0.5) is 11.4 Å². The van der Waals surface area contributed by atoms with Gasteiger partial charge in [0.2, 0.25) is 11.8 Å². The van der Waals surface area contributed by atoms with Crippen molar-refractivity contribution in [3.8, 4) is 6.07 Å². The smallest absolute Gasteiger partial charge is 0.238 e. The second kappa shape index (κ2) is 6.55. The van der Waals surface area contributed by atoms with Crippen LogP contribution in [0.5, 0.6) is 0 Å². The summed E-state index contributed by atoms with van der Waals surface area (Å²) in [5.41, 5.74) is 1.63. The third-order valence-electron chi connectivity index (χ3n) is 3.40.